The number of ether oxygens (including phenoxy) is 2. The van der Waals surface area contributed by atoms with Gasteiger partial charge in [-0.1, -0.05) is 62.2 Å². The quantitative estimate of drug-likeness (QED) is 0.234. The predicted octanol–water partition coefficient (Wildman–Crippen LogP) is 7.16. The maximum absolute atomic E-state index is 13.7. The van der Waals surface area contributed by atoms with Gasteiger partial charge in [0.15, 0.2) is 0 Å². The zero-order valence-corrected chi connectivity index (χ0v) is 22.5. The first-order chi connectivity index (χ1) is 17.5. The second kappa shape index (κ2) is 12.5. The molecule has 0 aliphatic carbocycles. The van der Waals surface area contributed by atoms with Gasteiger partial charge >= 0.3 is 5.97 Å². The Morgan fingerprint density at radius 3 is 2.27 bits per heavy atom. The van der Waals surface area contributed by atoms with Crippen LogP contribution in [0.15, 0.2) is 54.6 Å². The Kier molecular flexibility index (Phi) is 9.45. The molecule has 3 aromatic rings. The molecule has 196 valence electrons. The van der Waals surface area contributed by atoms with E-state index >= 15 is 0 Å². The van der Waals surface area contributed by atoms with Crippen LogP contribution in [0.25, 0.3) is 0 Å². The van der Waals surface area contributed by atoms with Gasteiger partial charge in [-0.25, -0.2) is 4.39 Å². The first-order valence-corrected chi connectivity index (χ1v) is 12.7. The largest absolute Gasteiger partial charge is 0.489 e. The monoisotopic (exact) mass is 505 g/mol. The standard InChI is InChI=1S/C31H36FNO4/c1-7-30(34)37-28-11-9-23(18-36-29-17-25(32)10-8-22(29)6)16-26(28)31(35)33-27(12-19(2)3)24-14-20(4)13-21(5)15-24/h8-11,13-17,19,27H,7,12,18H2,1-6H3,(H,33,35)/t27-/m1/s1. The fourth-order valence-corrected chi connectivity index (χ4v) is 4.22. The fourth-order valence-electron chi connectivity index (χ4n) is 4.22. The van der Waals surface area contributed by atoms with E-state index in [1.165, 1.54) is 12.1 Å². The van der Waals surface area contributed by atoms with Crippen molar-refractivity contribution in [3.05, 3.63) is 93.8 Å². The number of esters is 1. The van der Waals surface area contributed by atoms with E-state index < -0.39 is 5.97 Å². The van der Waals surface area contributed by atoms with Crippen LogP contribution in [0.1, 0.15) is 77.8 Å². The molecule has 3 aromatic carbocycles. The van der Waals surface area contributed by atoms with Gasteiger partial charge in [-0.3, -0.25) is 9.59 Å². The topological polar surface area (TPSA) is 64.6 Å². The van der Waals surface area contributed by atoms with Crippen LogP contribution < -0.4 is 14.8 Å². The highest BCUT2D eigenvalue weighted by molar-refractivity contribution is 5.98. The number of amides is 1. The van der Waals surface area contributed by atoms with Gasteiger partial charge in [-0.05, 0) is 68.0 Å². The number of halogens is 1. The average Bonchev–Trinajstić information content (AvgIpc) is 2.83. The molecule has 0 unspecified atom stereocenters. The number of hydrogen-bond acceptors (Lipinski definition) is 4. The molecule has 3 rings (SSSR count). The Morgan fingerprint density at radius 2 is 1.62 bits per heavy atom. The SMILES string of the molecule is CCC(=O)Oc1ccc(COc2cc(F)ccc2C)cc1C(=O)N[C@H](CC(C)C)c1cc(C)cc(C)c1. The molecule has 0 saturated heterocycles. The fraction of sp³-hybridized carbons (Fsp3) is 0.355. The Bertz CT molecular complexity index is 1250. The average molecular weight is 506 g/mol. The van der Waals surface area contributed by atoms with Gasteiger partial charge in [0.1, 0.15) is 23.9 Å². The van der Waals surface area contributed by atoms with Crippen molar-refractivity contribution in [2.24, 2.45) is 5.92 Å². The highest BCUT2D eigenvalue weighted by Gasteiger charge is 2.22. The molecule has 0 radical (unpaired) electrons. The third-order valence-electron chi connectivity index (χ3n) is 6.00. The summed E-state index contributed by atoms with van der Waals surface area (Å²) in [7, 11) is 0. The van der Waals surface area contributed by atoms with Gasteiger partial charge in [-0.15, -0.1) is 0 Å². The lowest BCUT2D eigenvalue weighted by molar-refractivity contribution is -0.134. The minimum absolute atomic E-state index is 0.124. The van der Waals surface area contributed by atoms with E-state index in [-0.39, 0.29) is 42.1 Å². The zero-order chi connectivity index (χ0) is 27.1. The summed E-state index contributed by atoms with van der Waals surface area (Å²) in [6.45, 7) is 12.0. The molecule has 1 N–H and O–H groups in total. The molecule has 0 heterocycles. The van der Waals surface area contributed by atoms with E-state index in [1.54, 1.807) is 31.2 Å². The van der Waals surface area contributed by atoms with E-state index in [2.05, 4.69) is 37.4 Å². The molecule has 0 aliphatic heterocycles. The van der Waals surface area contributed by atoms with Crippen molar-refractivity contribution >= 4 is 11.9 Å². The maximum Gasteiger partial charge on any atom is 0.310 e. The van der Waals surface area contributed by atoms with E-state index in [0.717, 1.165) is 28.7 Å². The Balaban J connectivity index is 1.91. The molecular weight excluding hydrogens is 469 g/mol. The van der Waals surface area contributed by atoms with Crippen molar-refractivity contribution in [2.45, 2.75) is 67.0 Å². The van der Waals surface area contributed by atoms with Gasteiger partial charge in [0, 0.05) is 12.5 Å². The summed E-state index contributed by atoms with van der Waals surface area (Å²) in [5, 5.41) is 3.16. The van der Waals surface area contributed by atoms with Crippen LogP contribution in [0.4, 0.5) is 4.39 Å². The van der Waals surface area contributed by atoms with Gasteiger partial charge in [0.2, 0.25) is 0 Å². The van der Waals surface area contributed by atoms with Gasteiger partial charge < -0.3 is 14.8 Å². The number of aryl methyl sites for hydroxylation is 3. The lowest BCUT2D eigenvalue weighted by atomic mass is 9.94. The molecule has 0 bridgehead atoms. The number of hydrogen-bond donors (Lipinski definition) is 1. The maximum atomic E-state index is 13.7. The number of carbonyl (C=O) groups excluding carboxylic acids is 2. The second-order valence-corrected chi connectivity index (χ2v) is 9.93. The van der Waals surface area contributed by atoms with Crippen molar-refractivity contribution < 1.29 is 23.5 Å². The molecule has 37 heavy (non-hydrogen) atoms. The van der Waals surface area contributed by atoms with Crippen LogP contribution >= 0.6 is 0 Å². The van der Waals surface area contributed by atoms with Crippen LogP contribution in [-0.4, -0.2) is 11.9 Å². The first-order valence-electron chi connectivity index (χ1n) is 12.7. The summed E-state index contributed by atoms with van der Waals surface area (Å²) in [4.78, 5) is 25.7. The molecule has 6 heteroatoms. The summed E-state index contributed by atoms with van der Waals surface area (Å²) < 4.78 is 25.0. The number of carbonyl (C=O) groups is 2. The van der Waals surface area contributed by atoms with Crippen LogP contribution in [0.2, 0.25) is 0 Å². The lowest BCUT2D eigenvalue weighted by Crippen LogP contribution is -2.30. The lowest BCUT2D eigenvalue weighted by Gasteiger charge is -2.23. The van der Waals surface area contributed by atoms with E-state index in [9.17, 15) is 14.0 Å². The molecule has 0 fully saturated rings. The van der Waals surface area contributed by atoms with E-state index in [0.29, 0.717) is 17.2 Å². The Morgan fingerprint density at radius 1 is 0.919 bits per heavy atom. The molecule has 0 aliphatic rings. The Hall–Kier alpha value is -3.67. The van der Waals surface area contributed by atoms with Crippen molar-refractivity contribution in [2.75, 3.05) is 0 Å². The number of nitrogens with one attached hydrogen (secondary N) is 1. The highest BCUT2D eigenvalue weighted by atomic mass is 19.1. The summed E-state index contributed by atoms with van der Waals surface area (Å²) >= 11 is 0. The third kappa shape index (κ3) is 7.91. The van der Waals surface area contributed by atoms with Gasteiger partial charge in [-0.2, -0.15) is 0 Å². The molecule has 1 atom stereocenters. The van der Waals surface area contributed by atoms with Crippen molar-refractivity contribution in [1.82, 2.24) is 5.32 Å². The van der Waals surface area contributed by atoms with E-state index in [1.807, 2.05) is 20.8 Å². The molecule has 5 nitrogen and oxygen atoms in total. The molecule has 0 aromatic heterocycles. The van der Waals surface area contributed by atoms with Crippen LogP contribution in [-0.2, 0) is 11.4 Å². The minimum Gasteiger partial charge on any atom is -0.489 e. The first kappa shape index (κ1) is 27.9. The highest BCUT2D eigenvalue weighted by Crippen LogP contribution is 2.27. The number of benzene rings is 3. The summed E-state index contributed by atoms with van der Waals surface area (Å²) in [5.41, 5.74) is 5.03. The van der Waals surface area contributed by atoms with Crippen LogP contribution in [0.3, 0.4) is 0 Å². The minimum atomic E-state index is -0.429. The molecule has 0 saturated carbocycles. The van der Waals surface area contributed by atoms with E-state index in [4.69, 9.17) is 9.47 Å². The summed E-state index contributed by atoms with van der Waals surface area (Å²) in [6, 6.07) is 15.4. The zero-order valence-electron chi connectivity index (χ0n) is 22.5. The molecular formula is C31H36FNO4. The van der Waals surface area contributed by atoms with Gasteiger partial charge in [0.05, 0.1) is 11.6 Å². The van der Waals surface area contributed by atoms with Crippen molar-refractivity contribution in [1.29, 1.82) is 0 Å². The molecule has 1 amide bonds. The summed E-state index contributed by atoms with van der Waals surface area (Å²) in [5.74, 6) is -0.185. The third-order valence-corrected chi connectivity index (χ3v) is 6.00. The normalized spacial score (nSPS) is 11.8. The van der Waals surface area contributed by atoms with Gasteiger partial charge in [0.25, 0.3) is 5.91 Å². The van der Waals surface area contributed by atoms with Crippen molar-refractivity contribution in [3.8, 4) is 11.5 Å². The predicted molar refractivity (Wildman–Crippen MR) is 143 cm³/mol. The van der Waals surface area contributed by atoms with Crippen molar-refractivity contribution in [3.63, 3.8) is 0 Å². The Labute approximate surface area is 219 Å². The number of rotatable bonds is 10. The smallest absolute Gasteiger partial charge is 0.310 e. The van der Waals surface area contributed by atoms with Crippen LogP contribution in [0, 0.1) is 32.5 Å². The summed E-state index contributed by atoms with van der Waals surface area (Å²) in [6.07, 6.45) is 0.934. The van der Waals surface area contributed by atoms with Crippen LogP contribution in [0.5, 0.6) is 11.5 Å². The molecule has 0 spiro atoms. The second-order valence-electron chi connectivity index (χ2n) is 9.93.